The van der Waals surface area contributed by atoms with Crippen molar-refractivity contribution in [3.63, 3.8) is 0 Å². The third kappa shape index (κ3) is 6.27. The molecule has 0 saturated carbocycles. The molecule has 25 heavy (non-hydrogen) atoms. The predicted molar refractivity (Wildman–Crippen MR) is 100 cm³/mol. The third-order valence-electron chi connectivity index (χ3n) is 3.70. The Balaban J connectivity index is 1.75. The molecule has 5 heteroatoms. The van der Waals surface area contributed by atoms with Gasteiger partial charge in [0.15, 0.2) is 6.10 Å². The zero-order valence-corrected chi connectivity index (χ0v) is 15.6. The number of aryl methyl sites for hydroxylation is 2. The summed E-state index contributed by atoms with van der Waals surface area (Å²) in [5.74, 6) is -0.512. The van der Waals surface area contributed by atoms with Crippen LogP contribution in [0.2, 0.25) is 0 Å². The van der Waals surface area contributed by atoms with Crippen molar-refractivity contribution in [2.75, 3.05) is 5.75 Å². The van der Waals surface area contributed by atoms with E-state index >= 15 is 0 Å². The Morgan fingerprint density at radius 1 is 1.08 bits per heavy atom. The summed E-state index contributed by atoms with van der Waals surface area (Å²) in [5, 5.41) is 2.78. The number of benzene rings is 2. The first-order valence-electron chi connectivity index (χ1n) is 8.17. The summed E-state index contributed by atoms with van der Waals surface area (Å²) in [7, 11) is 0. The van der Waals surface area contributed by atoms with Crippen molar-refractivity contribution in [3.8, 4) is 0 Å². The lowest BCUT2D eigenvalue weighted by Gasteiger charge is -2.14. The van der Waals surface area contributed by atoms with E-state index in [2.05, 4.69) is 5.32 Å². The standard InChI is InChI=1S/C20H23NO3S/c1-14-8-10-17(11-9-14)12-21-20(23)16(3)24-19(22)13-25-18-7-5-4-6-15(18)2/h4-11,16H,12-13H2,1-3H3,(H,21,23)/t16-/m0/s1. The van der Waals surface area contributed by atoms with Crippen molar-refractivity contribution >= 4 is 23.6 Å². The van der Waals surface area contributed by atoms with Crippen LogP contribution in [0.4, 0.5) is 0 Å². The average molecular weight is 357 g/mol. The van der Waals surface area contributed by atoms with E-state index in [1.54, 1.807) is 6.92 Å². The van der Waals surface area contributed by atoms with Crippen molar-refractivity contribution < 1.29 is 14.3 Å². The highest BCUT2D eigenvalue weighted by Gasteiger charge is 2.17. The first-order valence-corrected chi connectivity index (χ1v) is 9.15. The fraction of sp³-hybridized carbons (Fsp3) is 0.300. The maximum Gasteiger partial charge on any atom is 0.317 e. The van der Waals surface area contributed by atoms with Gasteiger partial charge in [-0.1, -0.05) is 48.0 Å². The van der Waals surface area contributed by atoms with E-state index in [1.165, 1.54) is 17.3 Å². The summed E-state index contributed by atoms with van der Waals surface area (Å²) in [4.78, 5) is 25.0. The van der Waals surface area contributed by atoms with E-state index in [1.807, 2.05) is 62.4 Å². The summed E-state index contributed by atoms with van der Waals surface area (Å²) in [6, 6.07) is 15.8. The molecule has 2 aromatic rings. The van der Waals surface area contributed by atoms with Gasteiger partial charge in [0.2, 0.25) is 0 Å². The second-order valence-corrected chi connectivity index (χ2v) is 6.91. The van der Waals surface area contributed by atoms with Gasteiger partial charge in [0.25, 0.3) is 5.91 Å². The van der Waals surface area contributed by atoms with Crippen molar-refractivity contribution in [2.45, 2.75) is 38.3 Å². The van der Waals surface area contributed by atoms with Gasteiger partial charge in [0.1, 0.15) is 0 Å². The van der Waals surface area contributed by atoms with Crippen molar-refractivity contribution in [3.05, 3.63) is 65.2 Å². The van der Waals surface area contributed by atoms with Crippen molar-refractivity contribution in [1.29, 1.82) is 0 Å². The average Bonchev–Trinajstić information content (AvgIpc) is 2.60. The molecule has 0 bridgehead atoms. The van der Waals surface area contributed by atoms with Crippen LogP contribution in [0, 0.1) is 13.8 Å². The predicted octanol–water partition coefficient (Wildman–Crippen LogP) is 3.64. The molecule has 0 radical (unpaired) electrons. The maximum absolute atomic E-state index is 12.1. The lowest BCUT2D eigenvalue weighted by atomic mass is 10.1. The van der Waals surface area contributed by atoms with Crippen LogP contribution in [0.25, 0.3) is 0 Å². The number of ether oxygens (including phenoxy) is 1. The smallest absolute Gasteiger partial charge is 0.317 e. The number of rotatable bonds is 7. The Kier molecular flexibility index (Phi) is 7.07. The zero-order valence-electron chi connectivity index (χ0n) is 14.7. The van der Waals surface area contributed by atoms with Crippen LogP contribution in [-0.2, 0) is 20.9 Å². The number of nitrogens with one attached hydrogen (secondary N) is 1. The van der Waals surface area contributed by atoms with Crippen molar-refractivity contribution in [2.24, 2.45) is 0 Å². The van der Waals surface area contributed by atoms with E-state index in [0.717, 1.165) is 16.0 Å². The van der Waals surface area contributed by atoms with Gasteiger partial charge in [-0.3, -0.25) is 9.59 Å². The second kappa shape index (κ2) is 9.28. The van der Waals surface area contributed by atoms with Crippen LogP contribution in [-0.4, -0.2) is 23.7 Å². The molecule has 0 aliphatic carbocycles. The monoisotopic (exact) mass is 357 g/mol. The van der Waals surface area contributed by atoms with Gasteiger partial charge >= 0.3 is 5.97 Å². The Morgan fingerprint density at radius 3 is 2.44 bits per heavy atom. The lowest BCUT2D eigenvalue weighted by Crippen LogP contribution is -2.35. The fourth-order valence-electron chi connectivity index (χ4n) is 2.18. The summed E-state index contributed by atoms with van der Waals surface area (Å²) in [5.41, 5.74) is 3.29. The van der Waals surface area contributed by atoms with E-state index in [-0.39, 0.29) is 11.7 Å². The molecule has 0 heterocycles. The molecule has 0 aromatic heterocycles. The number of carbonyl (C=O) groups is 2. The topological polar surface area (TPSA) is 55.4 Å². The minimum Gasteiger partial charge on any atom is -0.452 e. The molecular formula is C20H23NO3S. The molecule has 0 aliphatic heterocycles. The second-order valence-electron chi connectivity index (χ2n) is 5.89. The van der Waals surface area contributed by atoms with Crippen molar-refractivity contribution in [1.82, 2.24) is 5.32 Å². The lowest BCUT2D eigenvalue weighted by molar-refractivity contribution is -0.152. The molecular weight excluding hydrogens is 334 g/mol. The zero-order chi connectivity index (χ0) is 18.2. The Labute approximate surface area is 153 Å². The van der Waals surface area contributed by atoms with Gasteiger partial charge in [0.05, 0.1) is 5.75 Å². The molecule has 132 valence electrons. The molecule has 4 nitrogen and oxygen atoms in total. The van der Waals surface area contributed by atoms with E-state index in [9.17, 15) is 9.59 Å². The van der Waals surface area contributed by atoms with Crippen LogP contribution in [0.3, 0.4) is 0 Å². The molecule has 0 fully saturated rings. The highest BCUT2D eigenvalue weighted by molar-refractivity contribution is 8.00. The Hall–Kier alpha value is -2.27. The fourth-order valence-corrected chi connectivity index (χ4v) is 2.99. The largest absolute Gasteiger partial charge is 0.452 e. The van der Waals surface area contributed by atoms with E-state index in [0.29, 0.717) is 6.54 Å². The van der Waals surface area contributed by atoms with Gasteiger partial charge in [-0.25, -0.2) is 0 Å². The number of hydrogen-bond acceptors (Lipinski definition) is 4. The molecule has 0 aliphatic rings. The van der Waals surface area contributed by atoms with Gasteiger partial charge in [-0.15, -0.1) is 11.8 Å². The third-order valence-corrected chi connectivity index (χ3v) is 4.85. The van der Waals surface area contributed by atoms with Crippen LogP contribution < -0.4 is 5.32 Å². The maximum atomic E-state index is 12.1. The first kappa shape index (κ1) is 19.1. The molecule has 1 amide bonds. The van der Waals surface area contributed by atoms with Gasteiger partial charge in [0, 0.05) is 11.4 Å². The first-order chi connectivity index (χ1) is 12.0. The summed E-state index contributed by atoms with van der Waals surface area (Å²) in [6.07, 6.45) is -0.810. The van der Waals surface area contributed by atoms with Gasteiger partial charge in [-0.2, -0.15) is 0 Å². The summed E-state index contributed by atoms with van der Waals surface area (Å²) < 4.78 is 5.21. The Morgan fingerprint density at radius 2 is 1.76 bits per heavy atom. The number of carbonyl (C=O) groups excluding carboxylic acids is 2. The molecule has 1 atom stereocenters. The molecule has 1 N–H and O–H groups in total. The molecule has 2 rings (SSSR count). The van der Waals surface area contributed by atoms with Crippen LogP contribution in [0.5, 0.6) is 0 Å². The molecule has 0 saturated heterocycles. The van der Waals surface area contributed by atoms with Crippen LogP contribution in [0.15, 0.2) is 53.4 Å². The van der Waals surface area contributed by atoms with E-state index < -0.39 is 12.1 Å². The molecule has 0 spiro atoms. The highest BCUT2D eigenvalue weighted by Crippen LogP contribution is 2.21. The number of amides is 1. The normalized spacial score (nSPS) is 11.6. The summed E-state index contributed by atoms with van der Waals surface area (Å²) >= 11 is 1.41. The minimum absolute atomic E-state index is 0.181. The molecule has 2 aromatic carbocycles. The number of esters is 1. The Bertz CT molecular complexity index is 728. The van der Waals surface area contributed by atoms with E-state index in [4.69, 9.17) is 4.74 Å². The number of hydrogen-bond donors (Lipinski definition) is 1. The summed E-state index contributed by atoms with van der Waals surface area (Å²) in [6.45, 7) is 6.01. The minimum atomic E-state index is -0.810. The SMILES string of the molecule is Cc1ccc(CNC(=O)[C@H](C)OC(=O)CSc2ccccc2C)cc1. The quantitative estimate of drug-likeness (QED) is 0.607. The molecule has 0 unspecified atom stereocenters. The van der Waals surface area contributed by atoms with Crippen LogP contribution >= 0.6 is 11.8 Å². The highest BCUT2D eigenvalue weighted by atomic mass is 32.2. The van der Waals surface area contributed by atoms with Crippen LogP contribution in [0.1, 0.15) is 23.6 Å². The number of thioether (sulfide) groups is 1. The van der Waals surface area contributed by atoms with Gasteiger partial charge in [-0.05, 0) is 38.0 Å². The van der Waals surface area contributed by atoms with Gasteiger partial charge < -0.3 is 10.1 Å².